The van der Waals surface area contributed by atoms with Crippen molar-refractivity contribution in [2.75, 3.05) is 0 Å². The summed E-state index contributed by atoms with van der Waals surface area (Å²) in [5.41, 5.74) is 6.50. The van der Waals surface area contributed by atoms with Gasteiger partial charge >= 0.3 is 0 Å². The van der Waals surface area contributed by atoms with Gasteiger partial charge in [-0.2, -0.15) is 0 Å². The summed E-state index contributed by atoms with van der Waals surface area (Å²) >= 11 is 1.27. The summed E-state index contributed by atoms with van der Waals surface area (Å²) in [7, 11) is 0. The van der Waals surface area contributed by atoms with Gasteiger partial charge in [0.15, 0.2) is 0 Å². The van der Waals surface area contributed by atoms with Crippen molar-refractivity contribution in [1.29, 1.82) is 0 Å². The second-order valence-electron chi connectivity index (χ2n) is 3.92. The Labute approximate surface area is 113 Å². The first-order valence-corrected chi connectivity index (χ1v) is 6.51. The van der Waals surface area contributed by atoms with Crippen LogP contribution in [0.4, 0.5) is 8.78 Å². The van der Waals surface area contributed by atoms with E-state index < -0.39 is 17.5 Å². The van der Waals surface area contributed by atoms with E-state index in [4.69, 9.17) is 5.73 Å². The van der Waals surface area contributed by atoms with Crippen LogP contribution in [0.25, 0.3) is 0 Å². The average molecular weight is 279 g/mol. The second-order valence-corrected chi connectivity index (χ2v) is 4.94. The number of halogens is 2. The van der Waals surface area contributed by atoms with E-state index in [9.17, 15) is 13.6 Å². The number of thioether (sulfide) groups is 1. The maximum atomic E-state index is 13.4. The molecule has 2 aromatic rings. The molecule has 0 unspecified atom stereocenters. The molecule has 0 spiro atoms. The quantitative estimate of drug-likeness (QED) is 0.872. The van der Waals surface area contributed by atoms with Crippen LogP contribution >= 0.6 is 11.8 Å². The van der Waals surface area contributed by atoms with Gasteiger partial charge in [0.2, 0.25) is 5.91 Å². The first-order chi connectivity index (χ1) is 9.06. The Kier molecular flexibility index (Phi) is 4.16. The predicted octanol–water partition coefficient (Wildman–Crippen LogP) is 3.36. The second kappa shape index (κ2) is 5.84. The van der Waals surface area contributed by atoms with Crippen LogP contribution < -0.4 is 5.73 Å². The zero-order chi connectivity index (χ0) is 13.8. The normalized spacial score (nSPS) is 10.4. The van der Waals surface area contributed by atoms with Gasteiger partial charge in [0, 0.05) is 22.3 Å². The number of amides is 1. The topological polar surface area (TPSA) is 43.1 Å². The monoisotopic (exact) mass is 279 g/mol. The summed E-state index contributed by atoms with van der Waals surface area (Å²) in [5, 5.41) is 0. The van der Waals surface area contributed by atoms with Gasteiger partial charge in [-0.15, -0.1) is 11.8 Å². The van der Waals surface area contributed by atoms with Crippen LogP contribution in [-0.4, -0.2) is 5.91 Å². The lowest BCUT2D eigenvalue weighted by atomic mass is 10.1. The van der Waals surface area contributed by atoms with Gasteiger partial charge in [-0.05, 0) is 29.8 Å². The lowest BCUT2D eigenvalue weighted by Gasteiger charge is -2.04. The minimum Gasteiger partial charge on any atom is -0.366 e. The Balaban J connectivity index is 2.04. The first-order valence-electron chi connectivity index (χ1n) is 5.53. The van der Waals surface area contributed by atoms with Crippen molar-refractivity contribution >= 4 is 17.7 Å². The zero-order valence-electron chi connectivity index (χ0n) is 9.90. The van der Waals surface area contributed by atoms with Crippen molar-refractivity contribution in [2.45, 2.75) is 10.6 Å². The summed E-state index contributed by atoms with van der Waals surface area (Å²) in [5.74, 6) is -1.11. The molecule has 0 atom stereocenters. The minimum atomic E-state index is -0.590. The molecule has 5 heteroatoms. The molecule has 1 amide bonds. The molecule has 2 N–H and O–H groups in total. The maximum Gasteiger partial charge on any atom is 0.248 e. The fraction of sp³-hybridized carbons (Fsp3) is 0.0714. The summed E-state index contributed by atoms with van der Waals surface area (Å²) in [6, 6.07) is 10.3. The van der Waals surface area contributed by atoms with Crippen LogP contribution in [-0.2, 0) is 5.75 Å². The molecule has 0 aliphatic carbocycles. The molecular formula is C14H11F2NOS. The highest BCUT2D eigenvalue weighted by atomic mass is 32.2. The molecule has 0 aromatic heterocycles. The first kappa shape index (κ1) is 13.5. The van der Waals surface area contributed by atoms with E-state index in [1.165, 1.54) is 23.9 Å². The Morgan fingerprint density at radius 1 is 1.11 bits per heavy atom. The van der Waals surface area contributed by atoms with E-state index in [1.807, 2.05) is 0 Å². The van der Waals surface area contributed by atoms with Gasteiger partial charge in [0.1, 0.15) is 11.6 Å². The summed E-state index contributed by atoms with van der Waals surface area (Å²) in [4.78, 5) is 11.3. The number of hydrogen-bond donors (Lipinski definition) is 1. The maximum absolute atomic E-state index is 13.4. The highest BCUT2D eigenvalue weighted by Crippen LogP contribution is 2.26. The standard InChI is InChI=1S/C14H11F2NOS/c15-11-5-6-13(12(16)7-11)19-8-9-1-3-10(4-2-9)14(17)18/h1-7H,8H2,(H2,17,18). The Morgan fingerprint density at radius 3 is 2.37 bits per heavy atom. The molecule has 19 heavy (non-hydrogen) atoms. The lowest BCUT2D eigenvalue weighted by Crippen LogP contribution is -2.10. The van der Waals surface area contributed by atoms with Crippen molar-refractivity contribution < 1.29 is 13.6 Å². The average Bonchev–Trinajstić information content (AvgIpc) is 2.38. The largest absolute Gasteiger partial charge is 0.366 e. The molecule has 0 aliphatic heterocycles. The summed E-state index contributed by atoms with van der Waals surface area (Å²) in [6.07, 6.45) is 0. The van der Waals surface area contributed by atoms with Gasteiger partial charge in [0.05, 0.1) is 0 Å². The van der Waals surface area contributed by atoms with E-state index in [2.05, 4.69) is 0 Å². The third-order valence-electron chi connectivity index (χ3n) is 2.53. The number of primary amides is 1. The number of benzene rings is 2. The van der Waals surface area contributed by atoms with Crippen LogP contribution in [0.3, 0.4) is 0 Å². The summed E-state index contributed by atoms with van der Waals surface area (Å²) < 4.78 is 26.1. The van der Waals surface area contributed by atoms with Crippen LogP contribution in [0.15, 0.2) is 47.4 Å². The van der Waals surface area contributed by atoms with Crippen LogP contribution in [0.1, 0.15) is 15.9 Å². The van der Waals surface area contributed by atoms with Gasteiger partial charge in [-0.3, -0.25) is 4.79 Å². The smallest absolute Gasteiger partial charge is 0.248 e. The van der Waals surface area contributed by atoms with Gasteiger partial charge < -0.3 is 5.73 Å². The number of hydrogen-bond acceptors (Lipinski definition) is 2. The molecule has 0 saturated heterocycles. The zero-order valence-corrected chi connectivity index (χ0v) is 10.7. The fourth-order valence-corrected chi connectivity index (χ4v) is 2.39. The molecule has 0 saturated carbocycles. The van der Waals surface area contributed by atoms with Crippen molar-refractivity contribution in [1.82, 2.24) is 0 Å². The molecule has 0 bridgehead atoms. The number of rotatable bonds is 4. The van der Waals surface area contributed by atoms with Crippen molar-refractivity contribution in [3.63, 3.8) is 0 Å². The highest BCUT2D eigenvalue weighted by Gasteiger charge is 2.05. The van der Waals surface area contributed by atoms with Crippen LogP contribution in [0.5, 0.6) is 0 Å². The molecule has 2 nitrogen and oxygen atoms in total. The third kappa shape index (κ3) is 3.54. The lowest BCUT2D eigenvalue weighted by molar-refractivity contribution is 0.100. The number of carbonyl (C=O) groups excluding carboxylic acids is 1. The van der Waals surface area contributed by atoms with Crippen molar-refractivity contribution in [2.24, 2.45) is 5.73 Å². The van der Waals surface area contributed by atoms with Crippen LogP contribution in [0.2, 0.25) is 0 Å². The number of carbonyl (C=O) groups is 1. The molecule has 2 aromatic carbocycles. The molecule has 98 valence electrons. The molecular weight excluding hydrogens is 268 g/mol. The SMILES string of the molecule is NC(=O)c1ccc(CSc2ccc(F)cc2F)cc1. The molecule has 0 radical (unpaired) electrons. The van der Waals surface area contributed by atoms with Gasteiger partial charge in [-0.1, -0.05) is 12.1 Å². The highest BCUT2D eigenvalue weighted by molar-refractivity contribution is 7.98. The van der Waals surface area contributed by atoms with E-state index in [1.54, 1.807) is 24.3 Å². The molecule has 0 heterocycles. The van der Waals surface area contributed by atoms with E-state index in [-0.39, 0.29) is 0 Å². The van der Waals surface area contributed by atoms with Gasteiger partial charge in [0.25, 0.3) is 0 Å². The van der Waals surface area contributed by atoms with E-state index in [0.717, 1.165) is 11.6 Å². The molecule has 2 rings (SSSR count). The third-order valence-corrected chi connectivity index (χ3v) is 3.65. The Morgan fingerprint density at radius 2 is 1.79 bits per heavy atom. The Bertz CT molecular complexity index is 599. The van der Waals surface area contributed by atoms with E-state index >= 15 is 0 Å². The fourth-order valence-electron chi connectivity index (χ4n) is 1.52. The Hall–Kier alpha value is -1.88. The predicted molar refractivity (Wildman–Crippen MR) is 70.9 cm³/mol. The molecule has 0 aliphatic rings. The van der Waals surface area contributed by atoms with Crippen molar-refractivity contribution in [3.8, 4) is 0 Å². The van der Waals surface area contributed by atoms with Crippen molar-refractivity contribution in [3.05, 3.63) is 65.2 Å². The van der Waals surface area contributed by atoms with E-state index in [0.29, 0.717) is 16.2 Å². The van der Waals surface area contributed by atoms with Crippen LogP contribution in [0, 0.1) is 11.6 Å². The minimum absolute atomic E-state index is 0.389. The molecule has 0 fully saturated rings. The van der Waals surface area contributed by atoms with Gasteiger partial charge in [-0.25, -0.2) is 8.78 Å². The summed E-state index contributed by atoms with van der Waals surface area (Å²) in [6.45, 7) is 0. The number of nitrogens with two attached hydrogens (primary N) is 1.